The highest BCUT2D eigenvalue weighted by Crippen LogP contribution is 2.25. The van der Waals surface area contributed by atoms with Crippen LogP contribution in [0, 0.1) is 5.92 Å². The lowest BCUT2D eigenvalue weighted by Gasteiger charge is -2.32. The molecule has 1 unspecified atom stereocenters. The van der Waals surface area contributed by atoms with E-state index in [9.17, 15) is 0 Å². The maximum Gasteiger partial charge on any atom is 0.0543 e. The third-order valence-corrected chi connectivity index (χ3v) is 4.14. The van der Waals surface area contributed by atoms with Crippen molar-refractivity contribution in [3.05, 3.63) is 30.1 Å². The zero-order chi connectivity index (χ0) is 11.4. The Morgan fingerprint density at radius 2 is 2.19 bits per heavy atom. The molecule has 1 aromatic rings. The minimum absolute atomic E-state index is 0.657. The van der Waals surface area contributed by atoms with Gasteiger partial charge in [-0.2, -0.15) is 0 Å². The molecule has 1 aromatic heterocycles. The molecule has 0 aliphatic carbocycles. The molecule has 0 bridgehead atoms. The molecule has 1 aliphatic rings. The van der Waals surface area contributed by atoms with Gasteiger partial charge in [-0.15, -0.1) is 0 Å². The molecule has 88 valence electrons. The maximum absolute atomic E-state index is 4.38. The maximum atomic E-state index is 4.38. The molecule has 1 atom stereocenters. The summed E-state index contributed by atoms with van der Waals surface area (Å²) in [5.41, 5.74) is 1.19. The van der Waals surface area contributed by atoms with Crippen molar-refractivity contribution < 1.29 is 0 Å². The molecule has 0 radical (unpaired) electrons. The van der Waals surface area contributed by atoms with Crippen LogP contribution in [0.5, 0.6) is 0 Å². The second kappa shape index (κ2) is 5.78. The third kappa shape index (κ3) is 3.29. The fourth-order valence-corrected chi connectivity index (χ4v) is 2.82. The summed E-state index contributed by atoms with van der Waals surface area (Å²) in [6, 6.07) is 6.15. The van der Waals surface area contributed by atoms with Crippen LogP contribution in [0.25, 0.3) is 0 Å². The van der Waals surface area contributed by atoms with Gasteiger partial charge < -0.3 is 0 Å². The lowest BCUT2D eigenvalue weighted by atomic mass is 9.94. The van der Waals surface area contributed by atoms with Crippen LogP contribution in [0.3, 0.4) is 0 Å². The van der Waals surface area contributed by atoms with Crippen LogP contribution in [0.1, 0.15) is 25.5 Å². The van der Waals surface area contributed by atoms with Crippen molar-refractivity contribution >= 4 is 15.9 Å². The number of piperidine rings is 1. The summed E-state index contributed by atoms with van der Waals surface area (Å²) >= 11 is 3.69. The van der Waals surface area contributed by atoms with Gasteiger partial charge in [0.25, 0.3) is 0 Å². The highest BCUT2D eigenvalue weighted by atomic mass is 79.9. The van der Waals surface area contributed by atoms with Crippen molar-refractivity contribution in [1.82, 2.24) is 9.88 Å². The van der Waals surface area contributed by atoms with Crippen LogP contribution in [-0.2, 0) is 6.54 Å². The van der Waals surface area contributed by atoms with Gasteiger partial charge >= 0.3 is 0 Å². The van der Waals surface area contributed by atoms with E-state index in [0.717, 1.165) is 12.5 Å². The predicted molar refractivity (Wildman–Crippen MR) is 70.6 cm³/mol. The van der Waals surface area contributed by atoms with E-state index < -0.39 is 0 Å². The molecular weight excluding hydrogens is 264 g/mol. The molecule has 0 N–H and O–H groups in total. The van der Waals surface area contributed by atoms with Crippen LogP contribution < -0.4 is 0 Å². The van der Waals surface area contributed by atoms with Gasteiger partial charge in [0.15, 0.2) is 0 Å². The summed E-state index contributed by atoms with van der Waals surface area (Å²) in [7, 11) is 0. The lowest BCUT2D eigenvalue weighted by molar-refractivity contribution is 0.176. The molecule has 0 aromatic carbocycles. The number of hydrogen-bond donors (Lipinski definition) is 0. The third-order valence-electron chi connectivity index (χ3n) is 3.39. The summed E-state index contributed by atoms with van der Waals surface area (Å²) in [5.74, 6) is 0.847. The van der Waals surface area contributed by atoms with Gasteiger partial charge in [0.05, 0.1) is 5.69 Å². The molecule has 2 heterocycles. The molecule has 0 spiro atoms. The monoisotopic (exact) mass is 282 g/mol. The Morgan fingerprint density at radius 3 is 2.75 bits per heavy atom. The molecule has 3 heteroatoms. The number of aromatic nitrogens is 1. The first kappa shape index (κ1) is 12.1. The Labute approximate surface area is 106 Å². The minimum atomic E-state index is 0.657. The number of likely N-dealkylation sites (tertiary alicyclic amines) is 1. The smallest absolute Gasteiger partial charge is 0.0543 e. The van der Waals surface area contributed by atoms with Crippen LogP contribution in [-0.4, -0.2) is 27.8 Å². The van der Waals surface area contributed by atoms with Crippen molar-refractivity contribution in [2.75, 3.05) is 13.1 Å². The average molecular weight is 283 g/mol. The summed E-state index contributed by atoms with van der Waals surface area (Å²) in [4.78, 5) is 7.54. The van der Waals surface area contributed by atoms with E-state index in [1.165, 1.54) is 31.6 Å². The van der Waals surface area contributed by atoms with Gasteiger partial charge in [0.1, 0.15) is 0 Å². The van der Waals surface area contributed by atoms with Crippen LogP contribution in [0.15, 0.2) is 24.4 Å². The quantitative estimate of drug-likeness (QED) is 0.792. The number of hydrogen-bond acceptors (Lipinski definition) is 2. The molecule has 1 saturated heterocycles. The largest absolute Gasteiger partial charge is 0.297 e. The van der Waals surface area contributed by atoms with Crippen LogP contribution in [0.4, 0.5) is 0 Å². The van der Waals surface area contributed by atoms with Gasteiger partial charge in [-0.05, 0) is 44.0 Å². The van der Waals surface area contributed by atoms with Crippen molar-refractivity contribution in [2.45, 2.75) is 31.1 Å². The molecule has 1 fully saturated rings. The number of halogens is 1. The summed E-state index contributed by atoms with van der Waals surface area (Å²) in [6.07, 6.45) is 4.49. The lowest BCUT2D eigenvalue weighted by Crippen LogP contribution is -2.35. The Balaban J connectivity index is 1.82. The highest BCUT2D eigenvalue weighted by molar-refractivity contribution is 9.09. The van der Waals surface area contributed by atoms with Gasteiger partial charge in [-0.25, -0.2) is 0 Å². The molecule has 2 rings (SSSR count). The van der Waals surface area contributed by atoms with Crippen molar-refractivity contribution in [3.8, 4) is 0 Å². The second-order valence-corrected chi connectivity index (χ2v) is 6.06. The van der Waals surface area contributed by atoms with Crippen molar-refractivity contribution in [1.29, 1.82) is 0 Å². The number of rotatable bonds is 3. The van der Waals surface area contributed by atoms with Crippen LogP contribution in [0.2, 0.25) is 0 Å². The highest BCUT2D eigenvalue weighted by Gasteiger charge is 2.22. The van der Waals surface area contributed by atoms with Gasteiger partial charge in [-0.1, -0.05) is 28.9 Å². The summed E-state index contributed by atoms with van der Waals surface area (Å²) in [6.45, 7) is 5.68. The molecule has 1 aliphatic heterocycles. The Bertz CT molecular complexity index is 305. The summed E-state index contributed by atoms with van der Waals surface area (Å²) < 4.78 is 0. The number of alkyl halides is 1. The Morgan fingerprint density at radius 1 is 1.44 bits per heavy atom. The van der Waals surface area contributed by atoms with Crippen molar-refractivity contribution in [2.24, 2.45) is 5.92 Å². The average Bonchev–Trinajstić information content (AvgIpc) is 2.31. The molecular formula is C13H19BrN2. The molecule has 16 heavy (non-hydrogen) atoms. The topological polar surface area (TPSA) is 16.1 Å². The van der Waals surface area contributed by atoms with E-state index in [1.807, 2.05) is 12.3 Å². The fourth-order valence-electron chi connectivity index (χ4n) is 2.29. The fraction of sp³-hybridized carbons (Fsp3) is 0.615. The van der Waals surface area contributed by atoms with E-state index >= 15 is 0 Å². The van der Waals surface area contributed by atoms with E-state index in [4.69, 9.17) is 0 Å². The van der Waals surface area contributed by atoms with Crippen LogP contribution >= 0.6 is 15.9 Å². The number of pyridine rings is 1. The molecule has 0 amide bonds. The van der Waals surface area contributed by atoms with E-state index in [1.54, 1.807) is 0 Å². The minimum Gasteiger partial charge on any atom is -0.297 e. The van der Waals surface area contributed by atoms with Crippen molar-refractivity contribution in [3.63, 3.8) is 0 Å². The molecule has 2 nitrogen and oxygen atoms in total. The second-order valence-electron chi connectivity index (χ2n) is 4.61. The molecule has 0 saturated carbocycles. The standard InChI is InChI=1S/C13H19BrN2/c1-11(14)12-5-8-16(9-6-12)10-13-4-2-3-7-15-13/h2-4,7,11-12H,5-6,8-10H2,1H3. The van der Waals surface area contributed by atoms with E-state index in [0.29, 0.717) is 4.83 Å². The first-order chi connectivity index (χ1) is 7.75. The normalized spacial score (nSPS) is 20.9. The Hall–Kier alpha value is -0.410. The van der Waals surface area contributed by atoms with Gasteiger partial charge in [-0.3, -0.25) is 9.88 Å². The summed E-state index contributed by atoms with van der Waals surface area (Å²) in [5, 5.41) is 0. The van der Waals surface area contributed by atoms with Gasteiger partial charge in [0, 0.05) is 17.6 Å². The first-order valence-corrected chi connectivity index (χ1v) is 6.93. The predicted octanol–water partition coefficient (Wildman–Crippen LogP) is 3.08. The van der Waals surface area contributed by atoms with E-state index in [2.05, 4.69) is 44.9 Å². The van der Waals surface area contributed by atoms with Gasteiger partial charge in [0.2, 0.25) is 0 Å². The Kier molecular flexibility index (Phi) is 4.36. The number of nitrogens with zero attached hydrogens (tertiary/aromatic N) is 2. The zero-order valence-corrected chi connectivity index (χ0v) is 11.4. The first-order valence-electron chi connectivity index (χ1n) is 6.02. The SMILES string of the molecule is CC(Br)C1CCN(Cc2ccccn2)CC1. The van der Waals surface area contributed by atoms with E-state index in [-0.39, 0.29) is 0 Å². The zero-order valence-electron chi connectivity index (χ0n) is 9.77.